The molecule has 4 nitrogen and oxygen atoms in total. The van der Waals surface area contributed by atoms with E-state index in [-0.39, 0.29) is 17.7 Å². The van der Waals surface area contributed by atoms with E-state index in [9.17, 15) is 14.3 Å². The summed E-state index contributed by atoms with van der Waals surface area (Å²) in [5, 5.41) is 9.75. The van der Waals surface area contributed by atoms with Crippen LogP contribution in [0.15, 0.2) is 48.3 Å². The maximum Gasteiger partial charge on any atom is 0.311 e. The lowest BCUT2D eigenvalue weighted by atomic mass is 9.90. The van der Waals surface area contributed by atoms with Gasteiger partial charge in [0, 0.05) is 19.6 Å². The van der Waals surface area contributed by atoms with Gasteiger partial charge in [0.05, 0.1) is 5.41 Å². The zero-order valence-corrected chi connectivity index (χ0v) is 17.1. The maximum absolute atomic E-state index is 13.8. The van der Waals surface area contributed by atoms with Gasteiger partial charge in [-0.05, 0) is 65.7 Å². The van der Waals surface area contributed by atoms with Crippen LogP contribution in [0.25, 0.3) is 5.57 Å². The lowest BCUT2D eigenvalue weighted by Crippen LogP contribution is -2.40. The minimum Gasteiger partial charge on any atom is -0.489 e. The average Bonchev–Trinajstić information content (AvgIpc) is 3.30. The van der Waals surface area contributed by atoms with Gasteiger partial charge in [0.15, 0.2) is 0 Å². The number of halogens is 1. The lowest BCUT2D eigenvalue weighted by molar-refractivity contribution is -0.145. The van der Waals surface area contributed by atoms with Crippen molar-refractivity contribution in [3.63, 3.8) is 0 Å². The fourth-order valence-electron chi connectivity index (χ4n) is 5.01. The van der Waals surface area contributed by atoms with Crippen LogP contribution in [0.2, 0.25) is 0 Å². The van der Waals surface area contributed by atoms with Gasteiger partial charge < -0.3 is 14.7 Å². The van der Waals surface area contributed by atoms with Crippen LogP contribution in [-0.4, -0.2) is 35.6 Å². The molecule has 0 radical (unpaired) electrons. The molecule has 2 fully saturated rings. The molecule has 0 bridgehead atoms. The molecule has 0 amide bonds. The van der Waals surface area contributed by atoms with Gasteiger partial charge in [0.2, 0.25) is 0 Å². The number of rotatable bonds is 4. The van der Waals surface area contributed by atoms with Gasteiger partial charge in [-0.25, -0.2) is 4.39 Å². The second-order valence-corrected chi connectivity index (χ2v) is 8.56. The maximum atomic E-state index is 13.8. The largest absolute Gasteiger partial charge is 0.489 e. The Kier molecular flexibility index (Phi) is 5.11. The molecule has 2 aliphatic heterocycles. The number of carboxylic acids is 1. The quantitative estimate of drug-likeness (QED) is 0.805. The van der Waals surface area contributed by atoms with Crippen molar-refractivity contribution in [2.45, 2.75) is 33.3 Å². The number of piperidine rings is 1. The summed E-state index contributed by atoms with van der Waals surface area (Å²) in [7, 11) is 0. The third kappa shape index (κ3) is 3.42. The van der Waals surface area contributed by atoms with Gasteiger partial charge in [-0.15, -0.1) is 0 Å². The van der Waals surface area contributed by atoms with Crippen molar-refractivity contribution in [3.05, 3.63) is 65.2 Å². The summed E-state index contributed by atoms with van der Waals surface area (Å²) in [6.45, 7) is 10.5. The summed E-state index contributed by atoms with van der Waals surface area (Å²) in [5.74, 6) is 0.200. The number of carbonyl (C=O) groups is 1. The first-order valence-corrected chi connectivity index (χ1v) is 10.3. The molecule has 1 aromatic carbocycles. The highest BCUT2D eigenvalue weighted by Crippen LogP contribution is 2.59. The van der Waals surface area contributed by atoms with Crippen LogP contribution in [0.3, 0.4) is 0 Å². The predicted molar refractivity (Wildman–Crippen MR) is 110 cm³/mol. The monoisotopic (exact) mass is 397 g/mol. The van der Waals surface area contributed by atoms with Crippen LogP contribution in [0, 0.1) is 23.1 Å². The third-order valence-electron chi connectivity index (χ3n) is 7.23. The minimum absolute atomic E-state index is 0.221. The molecule has 5 heteroatoms. The summed E-state index contributed by atoms with van der Waals surface area (Å²) in [6, 6.07) is 4.86. The molecule has 1 saturated carbocycles. The van der Waals surface area contributed by atoms with E-state index in [2.05, 4.69) is 11.5 Å². The molecule has 29 heavy (non-hydrogen) atoms. The number of hydrogen-bond acceptors (Lipinski definition) is 3. The molecule has 2 atom stereocenters. The van der Waals surface area contributed by atoms with Crippen molar-refractivity contribution >= 4 is 11.5 Å². The summed E-state index contributed by atoms with van der Waals surface area (Å²) >= 11 is 0. The van der Waals surface area contributed by atoms with Crippen molar-refractivity contribution in [1.82, 2.24) is 4.90 Å². The van der Waals surface area contributed by atoms with E-state index in [1.165, 1.54) is 17.7 Å². The topological polar surface area (TPSA) is 49.8 Å². The van der Waals surface area contributed by atoms with E-state index < -0.39 is 11.4 Å². The number of nitrogens with zero attached hydrogens (tertiary/aromatic N) is 1. The SMILES string of the molecule is C=CC1=CC(=C2CCN(CC3(C(=O)O)C(C)C3C)CC2)c2ccc(F)cc2CO1. The zero-order valence-electron chi connectivity index (χ0n) is 17.1. The lowest BCUT2D eigenvalue weighted by Gasteiger charge is -2.32. The Morgan fingerprint density at radius 3 is 2.62 bits per heavy atom. The number of carboxylic acid groups (broad SMARTS) is 1. The normalized spacial score (nSPS) is 29.4. The number of allylic oxidation sites excluding steroid dienone is 3. The summed E-state index contributed by atoms with van der Waals surface area (Å²) in [5.41, 5.74) is 3.65. The Bertz CT molecular complexity index is 899. The van der Waals surface area contributed by atoms with Crippen molar-refractivity contribution in [2.75, 3.05) is 19.6 Å². The molecule has 154 valence electrons. The highest BCUT2D eigenvalue weighted by Gasteiger charge is 2.65. The van der Waals surface area contributed by atoms with Gasteiger partial charge in [0.1, 0.15) is 18.2 Å². The number of benzene rings is 1. The molecule has 1 saturated heterocycles. The Morgan fingerprint density at radius 2 is 2.03 bits per heavy atom. The first-order valence-electron chi connectivity index (χ1n) is 10.3. The van der Waals surface area contributed by atoms with Gasteiger partial charge >= 0.3 is 5.97 Å². The van der Waals surface area contributed by atoms with E-state index in [4.69, 9.17) is 4.74 Å². The van der Waals surface area contributed by atoms with E-state index >= 15 is 0 Å². The molecule has 1 aliphatic carbocycles. The molecular formula is C24H28FNO3. The van der Waals surface area contributed by atoms with E-state index in [1.54, 1.807) is 6.08 Å². The summed E-state index contributed by atoms with van der Waals surface area (Å²) in [6.07, 6.45) is 5.42. The first kappa shape index (κ1) is 19.9. The second kappa shape index (κ2) is 7.45. The molecule has 4 rings (SSSR count). The Morgan fingerprint density at radius 1 is 1.34 bits per heavy atom. The van der Waals surface area contributed by atoms with Crippen LogP contribution in [0.1, 0.15) is 37.8 Å². The third-order valence-corrected chi connectivity index (χ3v) is 7.23. The van der Waals surface area contributed by atoms with Gasteiger partial charge in [-0.3, -0.25) is 4.79 Å². The number of hydrogen-bond donors (Lipinski definition) is 1. The fourth-order valence-corrected chi connectivity index (χ4v) is 5.01. The first-order chi connectivity index (χ1) is 13.9. The van der Waals surface area contributed by atoms with Crippen molar-refractivity contribution < 1.29 is 19.0 Å². The van der Waals surface area contributed by atoms with Gasteiger partial charge in [-0.1, -0.05) is 32.1 Å². The summed E-state index contributed by atoms with van der Waals surface area (Å²) in [4.78, 5) is 14.2. The smallest absolute Gasteiger partial charge is 0.311 e. The van der Waals surface area contributed by atoms with Crippen LogP contribution < -0.4 is 0 Å². The van der Waals surface area contributed by atoms with Crippen LogP contribution in [0.5, 0.6) is 0 Å². The number of aliphatic carboxylic acids is 1. The van der Waals surface area contributed by atoms with Crippen LogP contribution in [0.4, 0.5) is 4.39 Å². The molecule has 2 heterocycles. The molecule has 3 aliphatic rings. The molecule has 0 spiro atoms. The van der Waals surface area contributed by atoms with Crippen molar-refractivity contribution in [2.24, 2.45) is 17.3 Å². The van der Waals surface area contributed by atoms with Gasteiger partial charge in [0.25, 0.3) is 0 Å². The molecule has 0 aromatic heterocycles. The van der Waals surface area contributed by atoms with Crippen LogP contribution in [-0.2, 0) is 16.1 Å². The molecular weight excluding hydrogens is 369 g/mol. The molecule has 1 N–H and O–H groups in total. The predicted octanol–water partition coefficient (Wildman–Crippen LogP) is 4.63. The van der Waals surface area contributed by atoms with Gasteiger partial charge in [-0.2, -0.15) is 0 Å². The number of ether oxygens (including phenoxy) is 1. The number of likely N-dealkylation sites (tertiary alicyclic amines) is 1. The van der Waals surface area contributed by atoms with Crippen molar-refractivity contribution in [1.29, 1.82) is 0 Å². The second-order valence-electron chi connectivity index (χ2n) is 8.56. The van der Waals surface area contributed by atoms with Crippen LogP contribution >= 0.6 is 0 Å². The molecule has 1 aromatic rings. The van der Waals surface area contributed by atoms with E-state index in [1.807, 2.05) is 26.0 Å². The molecule has 2 unspecified atom stereocenters. The Balaban J connectivity index is 1.57. The summed E-state index contributed by atoms with van der Waals surface area (Å²) < 4.78 is 19.5. The Hall–Kier alpha value is -2.40. The Labute approximate surface area is 171 Å². The minimum atomic E-state index is -0.669. The van der Waals surface area contributed by atoms with E-state index in [0.29, 0.717) is 18.9 Å². The highest BCUT2D eigenvalue weighted by atomic mass is 19.1. The van der Waals surface area contributed by atoms with E-state index in [0.717, 1.165) is 42.6 Å². The highest BCUT2D eigenvalue weighted by molar-refractivity contribution is 5.81. The standard InChI is InChI=1S/C24H28FNO3/c1-4-20-12-22(21-6-5-19(25)11-18(21)13-29-20)17-7-9-26(10-8-17)14-24(23(27)28)15(2)16(24)3/h4-6,11-12,15-16H,1,7-10,13-14H2,2-3H3,(H,27,28). The average molecular weight is 397 g/mol. The number of fused-ring (bicyclic) bond motifs is 1. The van der Waals surface area contributed by atoms with Crippen molar-refractivity contribution in [3.8, 4) is 0 Å². The zero-order chi connectivity index (χ0) is 20.8. The fraction of sp³-hybridized carbons (Fsp3) is 0.458.